The molecule has 0 aromatic carbocycles. The minimum Gasteiger partial charge on any atom is -0.378 e. The molecule has 0 atom stereocenters. The lowest BCUT2D eigenvalue weighted by atomic mass is 9.95. The predicted octanol–water partition coefficient (Wildman–Crippen LogP) is 2.97. The fourth-order valence-electron chi connectivity index (χ4n) is 2.28. The van der Waals surface area contributed by atoms with Gasteiger partial charge in [-0.2, -0.15) is 0 Å². The Balaban J connectivity index is 2.22. The fraction of sp³-hybridized carbons (Fsp3) is 1.00. The highest BCUT2D eigenvalue weighted by Crippen LogP contribution is 2.22. The highest BCUT2D eigenvalue weighted by Gasteiger charge is 2.20. The van der Waals surface area contributed by atoms with Crippen LogP contribution in [0, 0.1) is 5.41 Å². The molecule has 15 heavy (non-hydrogen) atoms. The van der Waals surface area contributed by atoms with Crippen molar-refractivity contribution in [2.45, 2.75) is 58.5 Å². The fourth-order valence-corrected chi connectivity index (χ4v) is 2.28. The maximum absolute atomic E-state index is 6.04. The standard InChI is InChI=1S/C13H27NO/c1-13(2,10-14-3)11-15-12-8-6-4-5-7-9-12/h12,14H,4-11H2,1-3H3. The van der Waals surface area contributed by atoms with Crippen LogP contribution in [0.2, 0.25) is 0 Å². The van der Waals surface area contributed by atoms with Gasteiger partial charge in [0.05, 0.1) is 12.7 Å². The van der Waals surface area contributed by atoms with Gasteiger partial charge < -0.3 is 10.1 Å². The third-order valence-corrected chi connectivity index (χ3v) is 3.17. The van der Waals surface area contributed by atoms with Crippen LogP contribution in [0.5, 0.6) is 0 Å². The van der Waals surface area contributed by atoms with Crippen LogP contribution in [-0.4, -0.2) is 26.3 Å². The van der Waals surface area contributed by atoms with Gasteiger partial charge in [0.1, 0.15) is 0 Å². The molecule has 0 aromatic heterocycles. The minimum absolute atomic E-state index is 0.265. The lowest BCUT2D eigenvalue weighted by Gasteiger charge is -2.27. The molecule has 2 heteroatoms. The van der Waals surface area contributed by atoms with Gasteiger partial charge in [-0.15, -0.1) is 0 Å². The molecule has 1 aliphatic carbocycles. The lowest BCUT2D eigenvalue weighted by molar-refractivity contribution is -0.00349. The molecular weight excluding hydrogens is 186 g/mol. The average molecular weight is 213 g/mol. The van der Waals surface area contributed by atoms with Gasteiger partial charge in [-0.3, -0.25) is 0 Å². The molecule has 0 aliphatic heterocycles. The van der Waals surface area contributed by atoms with Crippen molar-refractivity contribution < 1.29 is 4.74 Å². The topological polar surface area (TPSA) is 21.3 Å². The van der Waals surface area contributed by atoms with Crippen molar-refractivity contribution in [2.75, 3.05) is 20.2 Å². The molecule has 0 saturated heterocycles. The second-order valence-corrected chi connectivity index (χ2v) is 5.62. The van der Waals surface area contributed by atoms with Crippen LogP contribution in [0.3, 0.4) is 0 Å². The van der Waals surface area contributed by atoms with Crippen LogP contribution in [0.1, 0.15) is 52.4 Å². The van der Waals surface area contributed by atoms with Crippen molar-refractivity contribution in [3.05, 3.63) is 0 Å². The quantitative estimate of drug-likeness (QED) is 0.709. The predicted molar refractivity (Wildman–Crippen MR) is 65.1 cm³/mol. The van der Waals surface area contributed by atoms with Crippen LogP contribution in [0.15, 0.2) is 0 Å². The first kappa shape index (κ1) is 13.0. The van der Waals surface area contributed by atoms with E-state index in [0.717, 1.165) is 13.2 Å². The summed E-state index contributed by atoms with van der Waals surface area (Å²) in [6.07, 6.45) is 8.60. The highest BCUT2D eigenvalue weighted by molar-refractivity contribution is 4.72. The van der Waals surface area contributed by atoms with Crippen LogP contribution >= 0.6 is 0 Å². The van der Waals surface area contributed by atoms with E-state index in [1.807, 2.05) is 7.05 Å². The summed E-state index contributed by atoms with van der Waals surface area (Å²) in [5, 5.41) is 3.23. The molecule has 0 aromatic rings. The zero-order valence-corrected chi connectivity index (χ0v) is 10.6. The summed E-state index contributed by atoms with van der Waals surface area (Å²) in [6.45, 7) is 6.44. The molecule has 0 radical (unpaired) electrons. The van der Waals surface area contributed by atoms with Crippen LogP contribution in [0.4, 0.5) is 0 Å². The number of nitrogens with one attached hydrogen (secondary N) is 1. The summed E-state index contributed by atoms with van der Waals surface area (Å²) in [6, 6.07) is 0. The van der Waals surface area contributed by atoms with E-state index in [-0.39, 0.29) is 5.41 Å². The van der Waals surface area contributed by atoms with Gasteiger partial charge in [-0.25, -0.2) is 0 Å². The minimum atomic E-state index is 0.265. The van der Waals surface area contributed by atoms with E-state index in [0.29, 0.717) is 6.10 Å². The summed E-state index contributed by atoms with van der Waals surface area (Å²) in [7, 11) is 2.01. The highest BCUT2D eigenvalue weighted by atomic mass is 16.5. The summed E-state index contributed by atoms with van der Waals surface area (Å²) in [5.41, 5.74) is 0.265. The SMILES string of the molecule is CNCC(C)(C)COC1CCCCCC1. The first-order valence-corrected chi connectivity index (χ1v) is 6.40. The monoisotopic (exact) mass is 213 g/mol. The van der Waals surface area contributed by atoms with Gasteiger partial charge in [-0.05, 0) is 19.9 Å². The average Bonchev–Trinajstić information content (AvgIpc) is 2.43. The second-order valence-electron chi connectivity index (χ2n) is 5.62. The maximum atomic E-state index is 6.04. The van der Waals surface area contributed by atoms with Gasteiger partial charge >= 0.3 is 0 Å². The van der Waals surface area contributed by atoms with Crippen LogP contribution < -0.4 is 5.32 Å². The second kappa shape index (κ2) is 6.49. The van der Waals surface area contributed by atoms with E-state index in [2.05, 4.69) is 19.2 Å². The zero-order chi connectivity index (χ0) is 11.1. The first-order valence-electron chi connectivity index (χ1n) is 6.40. The molecule has 1 rings (SSSR count). The number of rotatable bonds is 5. The van der Waals surface area contributed by atoms with E-state index >= 15 is 0 Å². The molecule has 0 heterocycles. The van der Waals surface area contributed by atoms with Gasteiger partial charge in [0.15, 0.2) is 0 Å². The smallest absolute Gasteiger partial charge is 0.0575 e. The van der Waals surface area contributed by atoms with E-state index in [1.54, 1.807) is 0 Å². The first-order chi connectivity index (χ1) is 7.14. The van der Waals surface area contributed by atoms with Gasteiger partial charge in [0.25, 0.3) is 0 Å². The largest absolute Gasteiger partial charge is 0.378 e. The molecule has 1 aliphatic rings. The Morgan fingerprint density at radius 2 is 1.73 bits per heavy atom. The molecule has 1 fully saturated rings. The van der Waals surface area contributed by atoms with Crippen LogP contribution in [0.25, 0.3) is 0 Å². The Morgan fingerprint density at radius 3 is 2.27 bits per heavy atom. The van der Waals surface area contributed by atoms with Crippen molar-refractivity contribution >= 4 is 0 Å². The molecule has 1 N–H and O–H groups in total. The van der Waals surface area contributed by atoms with Crippen molar-refractivity contribution in [1.82, 2.24) is 5.32 Å². The third-order valence-electron chi connectivity index (χ3n) is 3.17. The normalized spacial score (nSPS) is 20.2. The van der Waals surface area contributed by atoms with Crippen molar-refractivity contribution in [3.63, 3.8) is 0 Å². The summed E-state index contributed by atoms with van der Waals surface area (Å²) in [4.78, 5) is 0. The van der Waals surface area contributed by atoms with Gasteiger partial charge in [0, 0.05) is 12.0 Å². The Morgan fingerprint density at radius 1 is 1.13 bits per heavy atom. The molecule has 0 amide bonds. The van der Waals surface area contributed by atoms with E-state index in [1.165, 1.54) is 38.5 Å². The van der Waals surface area contributed by atoms with E-state index in [9.17, 15) is 0 Å². The Hall–Kier alpha value is -0.0800. The number of hydrogen-bond donors (Lipinski definition) is 1. The summed E-state index contributed by atoms with van der Waals surface area (Å²) in [5.74, 6) is 0. The Bertz CT molecular complexity index is 160. The molecule has 0 bridgehead atoms. The van der Waals surface area contributed by atoms with Gasteiger partial charge in [0.2, 0.25) is 0 Å². The van der Waals surface area contributed by atoms with Crippen molar-refractivity contribution in [3.8, 4) is 0 Å². The third kappa shape index (κ3) is 5.53. The molecule has 0 spiro atoms. The lowest BCUT2D eigenvalue weighted by Crippen LogP contribution is -2.33. The van der Waals surface area contributed by atoms with E-state index in [4.69, 9.17) is 4.74 Å². The molecule has 90 valence electrons. The number of hydrogen-bond acceptors (Lipinski definition) is 2. The van der Waals surface area contributed by atoms with Gasteiger partial charge in [-0.1, -0.05) is 39.5 Å². The number of ether oxygens (including phenoxy) is 1. The zero-order valence-electron chi connectivity index (χ0n) is 10.6. The van der Waals surface area contributed by atoms with Crippen LogP contribution in [-0.2, 0) is 4.74 Å². The summed E-state index contributed by atoms with van der Waals surface area (Å²) >= 11 is 0. The van der Waals surface area contributed by atoms with E-state index < -0.39 is 0 Å². The molecule has 2 nitrogen and oxygen atoms in total. The molecule has 1 saturated carbocycles. The van der Waals surface area contributed by atoms with Crippen molar-refractivity contribution in [1.29, 1.82) is 0 Å². The Kier molecular flexibility index (Phi) is 5.62. The molecule has 0 unspecified atom stereocenters. The summed E-state index contributed by atoms with van der Waals surface area (Å²) < 4.78 is 6.04. The Labute approximate surface area is 94.8 Å². The molecular formula is C13H27NO. The maximum Gasteiger partial charge on any atom is 0.0575 e. The van der Waals surface area contributed by atoms with Crippen molar-refractivity contribution in [2.24, 2.45) is 5.41 Å².